The lowest BCUT2D eigenvalue weighted by molar-refractivity contribution is 0.104. The van der Waals surface area contributed by atoms with E-state index in [1.54, 1.807) is 48.7 Å². The molecule has 0 unspecified atom stereocenters. The van der Waals surface area contributed by atoms with E-state index in [1.165, 1.54) is 6.08 Å². The minimum absolute atomic E-state index is 0.0832. The van der Waals surface area contributed by atoms with Crippen molar-refractivity contribution in [1.82, 2.24) is 4.98 Å². The number of carbonyl (C=O) groups excluding carboxylic acids is 1. The molecular formula is C15H10N2O. The maximum atomic E-state index is 12.1. The van der Waals surface area contributed by atoms with Gasteiger partial charge in [-0.15, -0.1) is 0 Å². The summed E-state index contributed by atoms with van der Waals surface area (Å²) in [6.07, 6.45) is 3.11. The molecule has 0 radical (unpaired) electrons. The van der Waals surface area contributed by atoms with E-state index in [1.807, 2.05) is 12.1 Å². The van der Waals surface area contributed by atoms with Gasteiger partial charge < -0.3 is 0 Å². The molecule has 0 amide bonds. The summed E-state index contributed by atoms with van der Waals surface area (Å²) in [4.78, 5) is 16.1. The maximum absolute atomic E-state index is 12.1. The van der Waals surface area contributed by atoms with Gasteiger partial charge in [0.1, 0.15) is 11.6 Å². The number of hydrogen-bond acceptors (Lipinski definition) is 3. The van der Waals surface area contributed by atoms with Crippen molar-refractivity contribution in [2.45, 2.75) is 0 Å². The Balaban J connectivity index is 2.34. The number of ketones is 1. The monoisotopic (exact) mass is 234 g/mol. The molecule has 0 saturated heterocycles. The largest absolute Gasteiger partial charge is 0.288 e. The number of carbonyl (C=O) groups is 1. The Bertz CT molecular complexity index is 610. The molecule has 2 aromatic rings. The van der Waals surface area contributed by atoms with Gasteiger partial charge in [-0.25, -0.2) is 0 Å². The van der Waals surface area contributed by atoms with Crippen LogP contribution in [0.4, 0.5) is 0 Å². The predicted molar refractivity (Wildman–Crippen MR) is 68.6 cm³/mol. The van der Waals surface area contributed by atoms with Crippen molar-refractivity contribution in [3.05, 3.63) is 71.6 Å². The highest BCUT2D eigenvalue weighted by atomic mass is 16.1. The number of nitrogens with zero attached hydrogens (tertiary/aromatic N) is 2. The molecule has 0 fully saturated rings. The molecule has 0 aliphatic carbocycles. The average Bonchev–Trinajstić information content (AvgIpc) is 2.46. The Morgan fingerprint density at radius 3 is 2.44 bits per heavy atom. The van der Waals surface area contributed by atoms with Crippen LogP contribution in [0.5, 0.6) is 0 Å². The van der Waals surface area contributed by atoms with Gasteiger partial charge in [-0.1, -0.05) is 36.4 Å². The smallest absolute Gasteiger partial charge is 0.203 e. The van der Waals surface area contributed by atoms with Crippen LogP contribution in [-0.2, 0) is 0 Å². The van der Waals surface area contributed by atoms with Gasteiger partial charge in [0, 0.05) is 11.8 Å². The molecule has 1 aromatic carbocycles. The number of Topliss-reactive ketones (excluding diaryl/α,β-unsaturated/α-hetero) is 1. The average molecular weight is 234 g/mol. The predicted octanol–water partition coefficient (Wildman–Crippen LogP) is 2.87. The second-order valence-corrected chi connectivity index (χ2v) is 3.62. The van der Waals surface area contributed by atoms with Crippen LogP contribution < -0.4 is 0 Å². The molecule has 1 heterocycles. The highest BCUT2D eigenvalue weighted by Crippen LogP contribution is 2.10. The van der Waals surface area contributed by atoms with Crippen molar-refractivity contribution >= 4 is 11.9 Å². The molecule has 0 spiro atoms. The summed E-state index contributed by atoms with van der Waals surface area (Å²) in [7, 11) is 0. The summed E-state index contributed by atoms with van der Waals surface area (Å²) in [5, 5.41) is 9.05. The van der Waals surface area contributed by atoms with Crippen LogP contribution in [0, 0.1) is 11.3 Å². The highest BCUT2D eigenvalue weighted by Gasteiger charge is 2.11. The fourth-order valence-corrected chi connectivity index (χ4v) is 1.50. The summed E-state index contributed by atoms with van der Waals surface area (Å²) in [6.45, 7) is 0. The van der Waals surface area contributed by atoms with Crippen LogP contribution in [0.1, 0.15) is 16.1 Å². The van der Waals surface area contributed by atoms with E-state index < -0.39 is 0 Å². The quantitative estimate of drug-likeness (QED) is 0.466. The van der Waals surface area contributed by atoms with Crippen LogP contribution in [0.2, 0.25) is 0 Å². The summed E-state index contributed by atoms with van der Waals surface area (Å²) < 4.78 is 0. The molecule has 3 nitrogen and oxygen atoms in total. The van der Waals surface area contributed by atoms with E-state index in [4.69, 9.17) is 5.26 Å². The molecule has 1 aromatic heterocycles. The van der Waals surface area contributed by atoms with Crippen molar-refractivity contribution in [3.63, 3.8) is 0 Å². The van der Waals surface area contributed by atoms with E-state index >= 15 is 0 Å². The fraction of sp³-hybridized carbons (Fsp3) is 0. The summed E-state index contributed by atoms with van der Waals surface area (Å²) in [5.41, 5.74) is 1.18. The van der Waals surface area contributed by atoms with Crippen LogP contribution in [0.25, 0.3) is 6.08 Å². The number of pyridine rings is 1. The van der Waals surface area contributed by atoms with Gasteiger partial charge in [-0.2, -0.15) is 5.26 Å². The molecule has 18 heavy (non-hydrogen) atoms. The number of allylic oxidation sites excluding steroid dienone is 1. The van der Waals surface area contributed by atoms with E-state index in [0.717, 1.165) is 0 Å². The first-order valence-corrected chi connectivity index (χ1v) is 5.44. The van der Waals surface area contributed by atoms with Gasteiger partial charge in [0.05, 0.1) is 5.69 Å². The third kappa shape index (κ3) is 2.69. The maximum Gasteiger partial charge on any atom is 0.203 e. The van der Waals surface area contributed by atoms with Gasteiger partial charge in [0.2, 0.25) is 5.78 Å². The van der Waals surface area contributed by atoms with Crippen LogP contribution in [0.15, 0.2) is 60.3 Å². The zero-order valence-electron chi connectivity index (χ0n) is 9.58. The van der Waals surface area contributed by atoms with Crippen LogP contribution in [0.3, 0.4) is 0 Å². The van der Waals surface area contributed by atoms with E-state index in [-0.39, 0.29) is 11.4 Å². The number of nitriles is 1. The molecule has 0 bridgehead atoms. The van der Waals surface area contributed by atoms with Gasteiger partial charge in [-0.3, -0.25) is 9.78 Å². The van der Waals surface area contributed by atoms with Crippen molar-refractivity contribution in [3.8, 4) is 6.07 Å². The van der Waals surface area contributed by atoms with Gasteiger partial charge in [0.25, 0.3) is 0 Å². The lowest BCUT2D eigenvalue weighted by atomic mass is 10.0. The van der Waals surface area contributed by atoms with Crippen LogP contribution in [-0.4, -0.2) is 10.8 Å². The third-order valence-electron chi connectivity index (χ3n) is 2.38. The lowest BCUT2D eigenvalue weighted by Crippen LogP contribution is -2.01. The molecule has 86 valence electrons. The number of benzene rings is 1. The second kappa shape index (κ2) is 5.55. The Kier molecular flexibility index (Phi) is 3.62. The molecule has 0 aliphatic heterocycles. The SMILES string of the molecule is N#C/C(=C\c1ccccn1)C(=O)c1ccccc1. The lowest BCUT2D eigenvalue weighted by Gasteiger charge is -1.98. The van der Waals surface area contributed by atoms with Crippen molar-refractivity contribution in [2.75, 3.05) is 0 Å². The minimum atomic E-state index is -0.288. The van der Waals surface area contributed by atoms with Gasteiger partial charge >= 0.3 is 0 Å². The van der Waals surface area contributed by atoms with E-state index in [2.05, 4.69) is 4.98 Å². The molecule has 0 N–H and O–H groups in total. The number of aromatic nitrogens is 1. The zero-order valence-corrected chi connectivity index (χ0v) is 9.58. The summed E-state index contributed by atoms with van der Waals surface area (Å²) >= 11 is 0. The number of rotatable bonds is 3. The van der Waals surface area contributed by atoms with Crippen molar-refractivity contribution in [2.24, 2.45) is 0 Å². The first-order chi connectivity index (χ1) is 8.81. The van der Waals surface area contributed by atoms with Gasteiger partial charge in [-0.05, 0) is 18.2 Å². The Hall–Kier alpha value is -2.73. The Morgan fingerprint density at radius 2 is 1.83 bits per heavy atom. The molecule has 0 saturated carbocycles. The topological polar surface area (TPSA) is 53.8 Å². The Morgan fingerprint density at radius 1 is 1.11 bits per heavy atom. The second-order valence-electron chi connectivity index (χ2n) is 3.62. The first kappa shape index (κ1) is 11.7. The number of hydrogen-bond donors (Lipinski definition) is 0. The van der Waals surface area contributed by atoms with E-state index in [0.29, 0.717) is 11.3 Å². The fourth-order valence-electron chi connectivity index (χ4n) is 1.50. The summed E-state index contributed by atoms with van der Waals surface area (Å²) in [5.74, 6) is -0.288. The molecular weight excluding hydrogens is 224 g/mol. The molecule has 0 aliphatic rings. The molecule has 0 atom stereocenters. The standard InChI is InChI=1S/C15H10N2O/c16-11-13(10-14-8-4-5-9-17-14)15(18)12-6-2-1-3-7-12/h1-10H/b13-10+. The third-order valence-corrected chi connectivity index (χ3v) is 2.38. The van der Waals surface area contributed by atoms with Gasteiger partial charge in [0.15, 0.2) is 0 Å². The summed E-state index contributed by atoms with van der Waals surface area (Å²) in [6, 6.07) is 16.0. The van der Waals surface area contributed by atoms with Crippen LogP contribution >= 0.6 is 0 Å². The molecule has 2 rings (SSSR count). The first-order valence-electron chi connectivity index (χ1n) is 5.44. The molecule has 3 heteroatoms. The highest BCUT2D eigenvalue weighted by molar-refractivity contribution is 6.13. The zero-order chi connectivity index (χ0) is 12.8. The minimum Gasteiger partial charge on any atom is -0.288 e. The van der Waals surface area contributed by atoms with Crippen molar-refractivity contribution in [1.29, 1.82) is 5.26 Å². The Labute approximate surface area is 105 Å². The normalized spacial score (nSPS) is 10.7. The van der Waals surface area contributed by atoms with Crippen molar-refractivity contribution < 1.29 is 4.79 Å². The van der Waals surface area contributed by atoms with E-state index in [9.17, 15) is 4.79 Å².